The molecule has 0 aliphatic rings. The topological polar surface area (TPSA) is 49.0 Å². The van der Waals surface area contributed by atoms with E-state index in [2.05, 4.69) is 10.6 Å². The molecule has 3 heteroatoms. The summed E-state index contributed by atoms with van der Waals surface area (Å²) in [6.07, 6.45) is 2.82. The quantitative estimate of drug-likeness (QED) is 0.895. The Morgan fingerprint density at radius 1 is 1.33 bits per heavy atom. The van der Waals surface area contributed by atoms with Crippen LogP contribution in [-0.4, -0.2) is 9.67 Å². The molecular weight excluding hydrogens is 224 g/mol. The Morgan fingerprint density at radius 2 is 2.11 bits per heavy atom. The van der Waals surface area contributed by atoms with Gasteiger partial charge in [0.1, 0.15) is 0 Å². The van der Waals surface area contributed by atoms with Crippen molar-refractivity contribution < 1.29 is 5.11 Å². The molecule has 3 nitrogen and oxygen atoms in total. The number of aromatic nitrogens is 1. The van der Waals surface area contributed by atoms with Gasteiger partial charge in [-0.05, 0) is 31.7 Å². The number of nitrogens with zero attached hydrogens (tertiary/aromatic N) is 2. The van der Waals surface area contributed by atoms with Crippen LogP contribution in [0.25, 0.3) is 10.9 Å². The molecule has 18 heavy (non-hydrogen) atoms. The molecule has 0 atom stereocenters. The molecule has 0 saturated carbocycles. The molecule has 0 spiro atoms. The van der Waals surface area contributed by atoms with Crippen LogP contribution in [0.15, 0.2) is 30.5 Å². The maximum Gasteiger partial charge on any atom is 0.0702 e. The number of nitriles is 1. The lowest BCUT2D eigenvalue weighted by Crippen LogP contribution is -2.12. The lowest BCUT2D eigenvalue weighted by Gasteiger charge is -2.16. The van der Waals surface area contributed by atoms with Crippen LogP contribution in [0.1, 0.15) is 25.8 Å². The molecule has 1 N–H and O–H groups in total. The number of benzene rings is 1. The van der Waals surface area contributed by atoms with Crippen LogP contribution in [0.4, 0.5) is 0 Å². The minimum Gasteiger partial charge on any atom is -0.392 e. The molecule has 1 aromatic carbocycles. The summed E-state index contributed by atoms with van der Waals surface area (Å²) in [5.74, 6) is 0. The zero-order valence-electron chi connectivity index (χ0n) is 10.8. The summed E-state index contributed by atoms with van der Waals surface area (Å²) in [6.45, 7) is 4.74. The molecule has 0 aliphatic heterocycles. The lowest BCUT2D eigenvalue weighted by molar-refractivity contribution is 0.282. The summed E-state index contributed by atoms with van der Waals surface area (Å²) in [6, 6.07) is 10.3. The van der Waals surface area contributed by atoms with Gasteiger partial charge >= 0.3 is 0 Å². The Hall–Kier alpha value is -1.79. The zero-order chi connectivity index (χ0) is 13.2. The second-order valence-electron chi connectivity index (χ2n) is 5.27. The summed E-state index contributed by atoms with van der Waals surface area (Å²) in [5, 5.41) is 19.6. The summed E-state index contributed by atoms with van der Waals surface area (Å²) in [4.78, 5) is 0. The number of hydrogen-bond donors (Lipinski definition) is 1. The summed E-state index contributed by atoms with van der Waals surface area (Å²) < 4.78 is 2.12. The second-order valence-corrected chi connectivity index (χ2v) is 5.27. The average Bonchev–Trinajstić information content (AvgIpc) is 2.79. The van der Waals surface area contributed by atoms with E-state index in [-0.39, 0.29) is 12.0 Å². The van der Waals surface area contributed by atoms with Gasteiger partial charge in [-0.3, -0.25) is 0 Å². The third-order valence-electron chi connectivity index (χ3n) is 3.32. The first-order valence-corrected chi connectivity index (χ1v) is 6.16. The van der Waals surface area contributed by atoms with Crippen molar-refractivity contribution in [3.05, 3.63) is 36.0 Å². The first-order chi connectivity index (χ1) is 8.57. The van der Waals surface area contributed by atoms with Gasteiger partial charge in [-0.25, -0.2) is 0 Å². The van der Waals surface area contributed by atoms with E-state index in [4.69, 9.17) is 5.26 Å². The monoisotopic (exact) mass is 242 g/mol. The molecule has 0 unspecified atom stereocenters. The smallest absolute Gasteiger partial charge is 0.0702 e. The minimum absolute atomic E-state index is 0.0446. The fourth-order valence-corrected chi connectivity index (χ4v) is 2.11. The van der Waals surface area contributed by atoms with Crippen LogP contribution in [0, 0.1) is 16.7 Å². The van der Waals surface area contributed by atoms with Crippen LogP contribution in [-0.2, 0) is 13.2 Å². The number of para-hydroxylation sites is 1. The fourth-order valence-electron chi connectivity index (χ4n) is 2.11. The minimum atomic E-state index is -0.315. The van der Waals surface area contributed by atoms with Crippen molar-refractivity contribution in [2.45, 2.75) is 33.4 Å². The highest BCUT2D eigenvalue weighted by Gasteiger charge is 2.17. The number of aliphatic hydroxyl groups excluding tert-OH is 1. The molecule has 0 radical (unpaired) electrons. The number of aryl methyl sites for hydroxylation is 1. The molecule has 0 saturated heterocycles. The van der Waals surface area contributed by atoms with E-state index in [1.165, 1.54) is 0 Å². The van der Waals surface area contributed by atoms with Gasteiger partial charge in [0, 0.05) is 18.3 Å². The molecule has 0 amide bonds. The van der Waals surface area contributed by atoms with E-state index >= 15 is 0 Å². The molecule has 1 heterocycles. The number of fused-ring (bicyclic) bond motifs is 1. The van der Waals surface area contributed by atoms with Crippen LogP contribution in [0.2, 0.25) is 0 Å². The van der Waals surface area contributed by atoms with E-state index in [1.807, 2.05) is 44.3 Å². The van der Waals surface area contributed by atoms with Crippen molar-refractivity contribution in [3.63, 3.8) is 0 Å². The van der Waals surface area contributed by atoms with Gasteiger partial charge in [-0.15, -0.1) is 0 Å². The Balaban J connectivity index is 2.32. The van der Waals surface area contributed by atoms with Crippen LogP contribution in [0.3, 0.4) is 0 Å². The third-order valence-corrected chi connectivity index (χ3v) is 3.32. The van der Waals surface area contributed by atoms with Gasteiger partial charge < -0.3 is 9.67 Å². The van der Waals surface area contributed by atoms with Crippen molar-refractivity contribution in [2.24, 2.45) is 5.41 Å². The largest absolute Gasteiger partial charge is 0.392 e. The maximum atomic E-state index is 9.39. The van der Waals surface area contributed by atoms with Crippen molar-refractivity contribution in [1.82, 2.24) is 4.57 Å². The number of aliphatic hydroxyl groups is 1. The molecule has 0 bridgehead atoms. The number of rotatable bonds is 4. The van der Waals surface area contributed by atoms with Gasteiger partial charge in [0.15, 0.2) is 0 Å². The van der Waals surface area contributed by atoms with E-state index in [1.54, 1.807) is 0 Å². The summed E-state index contributed by atoms with van der Waals surface area (Å²) in [7, 11) is 0. The first-order valence-electron chi connectivity index (χ1n) is 6.16. The first kappa shape index (κ1) is 12.7. The van der Waals surface area contributed by atoms with Crippen molar-refractivity contribution in [2.75, 3.05) is 0 Å². The molecule has 2 rings (SSSR count). The van der Waals surface area contributed by atoms with E-state index in [9.17, 15) is 5.11 Å². The Morgan fingerprint density at radius 3 is 2.78 bits per heavy atom. The van der Waals surface area contributed by atoms with Gasteiger partial charge in [-0.2, -0.15) is 5.26 Å². The maximum absolute atomic E-state index is 9.39. The van der Waals surface area contributed by atoms with Gasteiger partial charge in [0.2, 0.25) is 0 Å². The normalized spacial score (nSPS) is 11.7. The molecular formula is C15H18N2O. The van der Waals surface area contributed by atoms with Gasteiger partial charge in [0.25, 0.3) is 0 Å². The highest BCUT2D eigenvalue weighted by molar-refractivity contribution is 5.83. The zero-order valence-corrected chi connectivity index (χ0v) is 10.8. The standard InChI is InChI=1S/C15H18N2O/c1-15(2,11-16)7-9-17-8-6-12-4-3-5-13(10-18)14(12)17/h3-6,8,18H,7,9-10H2,1-2H3. The highest BCUT2D eigenvalue weighted by atomic mass is 16.3. The molecule has 94 valence electrons. The third kappa shape index (κ3) is 2.39. The predicted molar refractivity (Wildman–Crippen MR) is 71.9 cm³/mol. The molecule has 2 aromatic rings. The fraction of sp³-hybridized carbons (Fsp3) is 0.400. The Bertz CT molecular complexity index is 590. The van der Waals surface area contributed by atoms with Crippen LogP contribution >= 0.6 is 0 Å². The van der Waals surface area contributed by atoms with Crippen molar-refractivity contribution in [3.8, 4) is 6.07 Å². The van der Waals surface area contributed by atoms with Crippen molar-refractivity contribution in [1.29, 1.82) is 5.26 Å². The van der Waals surface area contributed by atoms with Gasteiger partial charge in [0.05, 0.1) is 23.6 Å². The highest BCUT2D eigenvalue weighted by Crippen LogP contribution is 2.24. The number of hydrogen-bond acceptors (Lipinski definition) is 2. The van der Waals surface area contributed by atoms with Crippen LogP contribution < -0.4 is 0 Å². The second kappa shape index (κ2) is 4.83. The van der Waals surface area contributed by atoms with E-state index in [0.29, 0.717) is 0 Å². The lowest BCUT2D eigenvalue weighted by atomic mass is 9.91. The summed E-state index contributed by atoms with van der Waals surface area (Å²) in [5.41, 5.74) is 1.70. The molecule has 0 aliphatic carbocycles. The van der Waals surface area contributed by atoms with E-state index < -0.39 is 0 Å². The van der Waals surface area contributed by atoms with Gasteiger partial charge in [-0.1, -0.05) is 18.2 Å². The van der Waals surface area contributed by atoms with Crippen LogP contribution in [0.5, 0.6) is 0 Å². The predicted octanol–water partition coefficient (Wildman–Crippen LogP) is 3.07. The van der Waals surface area contributed by atoms with E-state index in [0.717, 1.165) is 29.4 Å². The Labute approximate surface area is 107 Å². The summed E-state index contributed by atoms with van der Waals surface area (Å²) >= 11 is 0. The SMILES string of the molecule is CC(C)(C#N)CCn1ccc2cccc(CO)c21. The van der Waals surface area contributed by atoms with Crippen molar-refractivity contribution >= 4 is 10.9 Å². The Kier molecular flexibility index (Phi) is 3.40. The average molecular weight is 242 g/mol. The molecule has 1 aromatic heterocycles. The molecule has 0 fully saturated rings.